The third kappa shape index (κ3) is 3.23. The van der Waals surface area contributed by atoms with E-state index in [0.717, 1.165) is 36.8 Å². The highest BCUT2D eigenvalue weighted by atomic mass is 19.1. The van der Waals surface area contributed by atoms with Crippen molar-refractivity contribution in [3.8, 4) is 0 Å². The monoisotopic (exact) mass is 290 g/mol. The molecule has 3 heteroatoms. The van der Waals surface area contributed by atoms with E-state index in [9.17, 15) is 4.39 Å². The average molecular weight is 290 g/mol. The van der Waals surface area contributed by atoms with E-state index in [4.69, 9.17) is 0 Å². The molecule has 1 saturated heterocycles. The molecule has 1 aromatic carbocycles. The van der Waals surface area contributed by atoms with Gasteiger partial charge in [-0.05, 0) is 55.8 Å². The molecule has 1 aliphatic carbocycles. The van der Waals surface area contributed by atoms with Crippen molar-refractivity contribution in [3.63, 3.8) is 0 Å². The molecule has 0 spiro atoms. The minimum Gasteiger partial charge on any atom is -0.366 e. The van der Waals surface area contributed by atoms with Gasteiger partial charge in [-0.15, -0.1) is 0 Å². The smallest absolute Gasteiger partial charge is 0.146 e. The number of nitrogens with one attached hydrogen (secondary N) is 1. The van der Waals surface area contributed by atoms with Crippen molar-refractivity contribution >= 4 is 5.69 Å². The lowest BCUT2D eigenvalue weighted by molar-refractivity contribution is 0.242. The van der Waals surface area contributed by atoms with Crippen LogP contribution < -0.4 is 10.2 Å². The Morgan fingerprint density at radius 3 is 2.81 bits per heavy atom. The molecule has 2 nitrogen and oxygen atoms in total. The summed E-state index contributed by atoms with van der Waals surface area (Å²) >= 11 is 0. The number of benzene rings is 1. The van der Waals surface area contributed by atoms with Gasteiger partial charge in [-0.2, -0.15) is 0 Å². The van der Waals surface area contributed by atoms with Crippen LogP contribution in [0.25, 0.3) is 0 Å². The fraction of sp³-hybridized carbons (Fsp3) is 0.667. The molecule has 1 aliphatic heterocycles. The van der Waals surface area contributed by atoms with Crippen LogP contribution in [0.1, 0.15) is 51.0 Å². The Labute approximate surface area is 127 Å². The predicted molar refractivity (Wildman–Crippen MR) is 86.1 cm³/mol. The van der Waals surface area contributed by atoms with Crippen molar-refractivity contribution in [1.29, 1.82) is 0 Å². The molecule has 1 heterocycles. The normalized spacial score (nSPS) is 25.7. The molecule has 0 amide bonds. The Morgan fingerprint density at radius 2 is 2.00 bits per heavy atom. The number of nitrogens with zero attached hydrogens (tertiary/aromatic N) is 1. The fourth-order valence-corrected chi connectivity index (χ4v) is 4.09. The maximum absolute atomic E-state index is 14.6. The first-order chi connectivity index (χ1) is 10.3. The highest BCUT2D eigenvalue weighted by Gasteiger charge is 2.34. The van der Waals surface area contributed by atoms with E-state index in [-0.39, 0.29) is 5.82 Å². The molecule has 21 heavy (non-hydrogen) atoms. The zero-order valence-corrected chi connectivity index (χ0v) is 13.1. The highest BCUT2D eigenvalue weighted by Crippen LogP contribution is 2.38. The first-order valence-corrected chi connectivity index (χ1v) is 8.55. The Hall–Kier alpha value is -1.09. The van der Waals surface area contributed by atoms with Gasteiger partial charge in [0.15, 0.2) is 0 Å². The van der Waals surface area contributed by atoms with E-state index in [1.54, 1.807) is 6.07 Å². The van der Waals surface area contributed by atoms with Crippen LogP contribution in [-0.2, 0) is 6.54 Å². The van der Waals surface area contributed by atoms with Crippen molar-refractivity contribution in [2.75, 3.05) is 18.0 Å². The quantitative estimate of drug-likeness (QED) is 0.898. The third-order valence-corrected chi connectivity index (χ3v) is 5.14. The summed E-state index contributed by atoms with van der Waals surface area (Å²) in [7, 11) is 0. The first kappa shape index (κ1) is 14.8. The topological polar surface area (TPSA) is 15.3 Å². The summed E-state index contributed by atoms with van der Waals surface area (Å²) in [5.74, 6) is 0.741. The number of piperidine rings is 1. The second-order valence-electron chi connectivity index (χ2n) is 6.51. The van der Waals surface area contributed by atoms with Gasteiger partial charge in [0, 0.05) is 19.1 Å². The average Bonchev–Trinajstić information content (AvgIpc) is 2.53. The van der Waals surface area contributed by atoms with Gasteiger partial charge in [0.25, 0.3) is 0 Å². The van der Waals surface area contributed by atoms with Crippen molar-refractivity contribution in [2.45, 2.75) is 58.0 Å². The molecule has 1 saturated carbocycles. The highest BCUT2D eigenvalue weighted by molar-refractivity contribution is 5.51. The van der Waals surface area contributed by atoms with E-state index < -0.39 is 0 Å². The molecular weight excluding hydrogens is 263 g/mol. The largest absolute Gasteiger partial charge is 0.366 e. The van der Waals surface area contributed by atoms with E-state index in [0.29, 0.717) is 6.04 Å². The van der Waals surface area contributed by atoms with Crippen LogP contribution in [0.2, 0.25) is 0 Å². The first-order valence-electron chi connectivity index (χ1n) is 8.55. The second-order valence-corrected chi connectivity index (χ2v) is 6.51. The molecule has 0 aromatic heterocycles. The van der Waals surface area contributed by atoms with Gasteiger partial charge >= 0.3 is 0 Å². The van der Waals surface area contributed by atoms with E-state index >= 15 is 0 Å². The maximum Gasteiger partial charge on any atom is 0.146 e. The van der Waals surface area contributed by atoms with Gasteiger partial charge in [0.05, 0.1) is 5.69 Å². The van der Waals surface area contributed by atoms with Crippen LogP contribution in [-0.4, -0.2) is 19.1 Å². The minimum absolute atomic E-state index is 0.0448. The minimum atomic E-state index is -0.0448. The Kier molecular flexibility index (Phi) is 4.79. The Bertz CT molecular complexity index is 472. The molecule has 116 valence electrons. The summed E-state index contributed by atoms with van der Waals surface area (Å²) in [5.41, 5.74) is 1.86. The Balaban J connectivity index is 1.78. The molecule has 3 rings (SSSR count). The molecule has 2 unspecified atom stereocenters. The molecule has 0 radical (unpaired) electrons. The summed E-state index contributed by atoms with van der Waals surface area (Å²) in [6.07, 6.45) is 7.78. The molecule has 2 fully saturated rings. The van der Waals surface area contributed by atoms with E-state index in [2.05, 4.69) is 23.2 Å². The van der Waals surface area contributed by atoms with E-state index in [1.165, 1.54) is 38.5 Å². The molecule has 2 aliphatic rings. The molecule has 1 aromatic rings. The van der Waals surface area contributed by atoms with Crippen LogP contribution in [0.3, 0.4) is 0 Å². The summed E-state index contributed by atoms with van der Waals surface area (Å²) in [6, 6.07) is 6.36. The number of halogens is 1. The Morgan fingerprint density at radius 1 is 1.19 bits per heavy atom. The molecular formula is C18H27FN2. The lowest BCUT2D eigenvalue weighted by Crippen LogP contribution is -2.47. The van der Waals surface area contributed by atoms with Crippen LogP contribution >= 0.6 is 0 Å². The van der Waals surface area contributed by atoms with Gasteiger partial charge in [-0.25, -0.2) is 4.39 Å². The third-order valence-electron chi connectivity index (χ3n) is 5.14. The second kappa shape index (κ2) is 6.78. The predicted octanol–water partition coefficient (Wildman–Crippen LogP) is 4.09. The van der Waals surface area contributed by atoms with Gasteiger partial charge < -0.3 is 10.2 Å². The van der Waals surface area contributed by atoms with Crippen LogP contribution in [0.5, 0.6) is 0 Å². The maximum atomic E-state index is 14.6. The lowest BCUT2D eigenvalue weighted by Gasteiger charge is -2.45. The van der Waals surface area contributed by atoms with Crippen LogP contribution in [0.4, 0.5) is 10.1 Å². The standard InChI is InChI=1S/C18H27FN2/c1-2-20-13-14-9-10-18(16(19)12-14)21-11-5-7-15-6-3-4-8-17(15)21/h9-10,12,15,17,20H,2-8,11,13H2,1H3. The zero-order valence-electron chi connectivity index (χ0n) is 13.1. The van der Waals surface area contributed by atoms with Gasteiger partial charge in [0.1, 0.15) is 5.82 Å². The fourth-order valence-electron chi connectivity index (χ4n) is 4.09. The molecule has 1 N–H and O–H groups in total. The van der Waals surface area contributed by atoms with Crippen LogP contribution in [0, 0.1) is 11.7 Å². The van der Waals surface area contributed by atoms with Gasteiger partial charge in [-0.3, -0.25) is 0 Å². The number of rotatable bonds is 4. The van der Waals surface area contributed by atoms with Gasteiger partial charge in [0.2, 0.25) is 0 Å². The summed E-state index contributed by atoms with van der Waals surface area (Å²) < 4.78 is 14.6. The van der Waals surface area contributed by atoms with Crippen molar-refractivity contribution < 1.29 is 4.39 Å². The summed E-state index contributed by atoms with van der Waals surface area (Å²) in [6.45, 7) is 4.76. The van der Waals surface area contributed by atoms with Crippen molar-refractivity contribution in [3.05, 3.63) is 29.6 Å². The zero-order chi connectivity index (χ0) is 14.7. The number of hydrogen-bond donors (Lipinski definition) is 1. The summed E-state index contributed by atoms with van der Waals surface area (Å²) in [5, 5.41) is 3.26. The van der Waals surface area contributed by atoms with Crippen LogP contribution in [0.15, 0.2) is 18.2 Å². The molecule has 0 bridgehead atoms. The molecule has 2 atom stereocenters. The SMILES string of the molecule is CCNCc1ccc(N2CCCC3CCCCC32)c(F)c1. The van der Waals surface area contributed by atoms with Gasteiger partial charge in [-0.1, -0.05) is 25.8 Å². The number of hydrogen-bond acceptors (Lipinski definition) is 2. The van der Waals surface area contributed by atoms with Crippen molar-refractivity contribution in [1.82, 2.24) is 5.32 Å². The van der Waals surface area contributed by atoms with Crippen molar-refractivity contribution in [2.24, 2.45) is 5.92 Å². The number of fused-ring (bicyclic) bond motifs is 1. The lowest BCUT2D eigenvalue weighted by atomic mass is 9.78. The summed E-state index contributed by atoms with van der Waals surface area (Å²) in [4.78, 5) is 2.36. The number of anilines is 1. The van der Waals surface area contributed by atoms with E-state index in [1.807, 2.05) is 6.07 Å².